The fraction of sp³-hybridized carbons (Fsp3) is 0.625. The molecule has 0 radical (unpaired) electrons. The lowest BCUT2D eigenvalue weighted by atomic mass is 10.1. The maximum absolute atomic E-state index is 3.46. The standard InChI is InChI=1S/C16H26N2/c1-3-9-17-10-11-18(2)13-15-12-16(15)14-7-5-4-6-8-14/h4-8,15-17H,3,9-13H2,1-2H3. The van der Waals surface area contributed by atoms with Crippen LogP contribution in [0.2, 0.25) is 0 Å². The largest absolute Gasteiger partial charge is 0.315 e. The van der Waals surface area contributed by atoms with Crippen molar-refractivity contribution in [1.82, 2.24) is 10.2 Å². The van der Waals surface area contributed by atoms with E-state index >= 15 is 0 Å². The molecule has 18 heavy (non-hydrogen) atoms. The number of hydrogen-bond donors (Lipinski definition) is 1. The van der Waals surface area contributed by atoms with Gasteiger partial charge in [0.05, 0.1) is 0 Å². The molecule has 0 bridgehead atoms. The highest BCUT2D eigenvalue weighted by atomic mass is 15.1. The first-order chi connectivity index (χ1) is 8.81. The van der Waals surface area contributed by atoms with Crippen LogP contribution in [0, 0.1) is 5.92 Å². The van der Waals surface area contributed by atoms with Gasteiger partial charge in [0, 0.05) is 19.6 Å². The molecule has 0 spiro atoms. The number of likely N-dealkylation sites (N-methyl/N-ethyl adjacent to an activating group) is 1. The van der Waals surface area contributed by atoms with E-state index in [0.29, 0.717) is 0 Å². The minimum Gasteiger partial charge on any atom is -0.315 e. The van der Waals surface area contributed by atoms with Crippen molar-refractivity contribution in [2.24, 2.45) is 5.92 Å². The van der Waals surface area contributed by atoms with Crippen LogP contribution in [0.4, 0.5) is 0 Å². The smallest absolute Gasteiger partial charge is 0.0104 e. The van der Waals surface area contributed by atoms with Crippen molar-refractivity contribution < 1.29 is 0 Å². The zero-order valence-electron chi connectivity index (χ0n) is 11.7. The van der Waals surface area contributed by atoms with Gasteiger partial charge in [-0.25, -0.2) is 0 Å². The number of nitrogens with zero attached hydrogens (tertiary/aromatic N) is 1. The Morgan fingerprint density at radius 1 is 1.22 bits per heavy atom. The van der Waals surface area contributed by atoms with E-state index in [1.807, 2.05) is 0 Å². The van der Waals surface area contributed by atoms with Gasteiger partial charge in [-0.05, 0) is 43.8 Å². The number of hydrogen-bond acceptors (Lipinski definition) is 2. The quantitative estimate of drug-likeness (QED) is 0.710. The lowest BCUT2D eigenvalue weighted by Crippen LogP contribution is -2.31. The molecule has 2 heteroatoms. The number of rotatable bonds is 8. The molecule has 100 valence electrons. The van der Waals surface area contributed by atoms with Crippen LogP contribution in [-0.2, 0) is 0 Å². The molecular formula is C16H26N2. The lowest BCUT2D eigenvalue weighted by Gasteiger charge is -2.16. The van der Waals surface area contributed by atoms with E-state index in [-0.39, 0.29) is 0 Å². The Balaban J connectivity index is 1.64. The minimum atomic E-state index is 0.817. The van der Waals surface area contributed by atoms with Crippen LogP contribution >= 0.6 is 0 Å². The summed E-state index contributed by atoms with van der Waals surface area (Å²) in [5, 5.41) is 3.46. The van der Waals surface area contributed by atoms with Gasteiger partial charge in [0.25, 0.3) is 0 Å². The summed E-state index contributed by atoms with van der Waals surface area (Å²) in [7, 11) is 2.24. The van der Waals surface area contributed by atoms with Crippen LogP contribution in [-0.4, -0.2) is 38.1 Å². The van der Waals surface area contributed by atoms with Crippen LogP contribution < -0.4 is 5.32 Å². The molecular weight excluding hydrogens is 220 g/mol. The van der Waals surface area contributed by atoms with Gasteiger partial charge in [-0.1, -0.05) is 37.3 Å². The number of benzene rings is 1. The Morgan fingerprint density at radius 2 is 2.00 bits per heavy atom. The fourth-order valence-electron chi connectivity index (χ4n) is 2.62. The molecule has 2 nitrogen and oxygen atoms in total. The van der Waals surface area contributed by atoms with Gasteiger partial charge >= 0.3 is 0 Å². The molecule has 1 saturated carbocycles. The van der Waals surface area contributed by atoms with Crippen LogP contribution in [0.25, 0.3) is 0 Å². The van der Waals surface area contributed by atoms with Crippen molar-refractivity contribution in [1.29, 1.82) is 0 Å². The van der Waals surface area contributed by atoms with E-state index in [0.717, 1.165) is 31.5 Å². The summed E-state index contributed by atoms with van der Waals surface area (Å²) in [5.74, 6) is 1.70. The second kappa shape index (κ2) is 6.91. The Hall–Kier alpha value is -0.860. The van der Waals surface area contributed by atoms with Gasteiger partial charge in [0.15, 0.2) is 0 Å². The van der Waals surface area contributed by atoms with Crippen LogP contribution in [0.3, 0.4) is 0 Å². The fourth-order valence-corrected chi connectivity index (χ4v) is 2.62. The average Bonchev–Trinajstić information content (AvgIpc) is 3.15. The number of nitrogens with one attached hydrogen (secondary N) is 1. The van der Waals surface area contributed by atoms with Crippen molar-refractivity contribution in [3.63, 3.8) is 0 Å². The first kappa shape index (κ1) is 13.6. The predicted octanol–water partition coefficient (Wildman–Crippen LogP) is 2.72. The monoisotopic (exact) mass is 246 g/mol. The summed E-state index contributed by atoms with van der Waals surface area (Å²) < 4.78 is 0. The summed E-state index contributed by atoms with van der Waals surface area (Å²) in [5.41, 5.74) is 1.53. The van der Waals surface area contributed by atoms with Crippen molar-refractivity contribution >= 4 is 0 Å². The summed E-state index contributed by atoms with van der Waals surface area (Å²) in [6, 6.07) is 11.0. The molecule has 0 heterocycles. The summed E-state index contributed by atoms with van der Waals surface area (Å²) in [4.78, 5) is 2.47. The van der Waals surface area contributed by atoms with E-state index in [1.54, 1.807) is 0 Å². The summed E-state index contributed by atoms with van der Waals surface area (Å²) >= 11 is 0. The van der Waals surface area contributed by atoms with E-state index in [2.05, 4.69) is 54.5 Å². The third kappa shape index (κ3) is 4.11. The first-order valence-electron chi connectivity index (χ1n) is 7.25. The summed E-state index contributed by atoms with van der Waals surface area (Å²) in [6.07, 6.45) is 2.60. The zero-order valence-corrected chi connectivity index (χ0v) is 11.7. The van der Waals surface area contributed by atoms with Crippen molar-refractivity contribution in [2.75, 3.05) is 33.2 Å². The van der Waals surface area contributed by atoms with Gasteiger partial charge in [0.2, 0.25) is 0 Å². The Labute approximate surface area is 111 Å². The highest BCUT2D eigenvalue weighted by Crippen LogP contribution is 2.47. The zero-order chi connectivity index (χ0) is 12.8. The molecule has 1 aromatic carbocycles. The molecule has 2 atom stereocenters. The van der Waals surface area contributed by atoms with E-state index in [4.69, 9.17) is 0 Å². The van der Waals surface area contributed by atoms with Gasteiger partial charge in [-0.3, -0.25) is 0 Å². The van der Waals surface area contributed by atoms with Gasteiger partial charge in [-0.2, -0.15) is 0 Å². The molecule has 2 unspecified atom stereocenters. The highest BCUT2D eigenvalue weighted by molar-refractivity contribution is 5.25. The Morgan fingerprint density at radius 3 is 2.72 bits per heavy atom. The normalized spacial score (nSPS) is 22.4. The molecule has 0 aromatic heterocycles. The molecule has 0 amide bonds. The third-order valence-corrected chi connectivity index (χ3v) is 3.79. The molecule has 1 aliphatic carbocycles. The molecule has 1 fully saturated rings. The maximum atomic E-state index is 3.46. The Kier molecular flexibility index (Phi) is 5.21. The van der Waals surface area contributed by atoms with Gasteiger partial charge in [-0.15, -0.1) is 0 Å². The molecule has 2 rings (SSSR count). The Bertz CT molecular complexity index is 336. The van der Waals surface area contributed by atoms with Crippen LogP contribution in [0.1, 0.15) is 31.2 Å². The molecule has 0 aliphatic heterocycles. The molecule has 1 aliphatic rings. The van der Waals surface area contributed by atoms with Crippen molar-refractivity contribution in [2.45, 2.75) is 25.7 Å². The van der Waals surface area contributed by atoms with E-state index in [1.165, 1.54) is 24.9 Å². The topological polar surface area (TPSA) is 15.3 Å². The SMILES string of the molecule is CCCNCCN(C)CC1CC1c1ccccc1. The minimum absolute atomic E-state index is 0.817. The van der Waals surface area contributed by atoms with Crippen LogP contribution in [0.15, 0.2) is 30.3 Å². The molecule has 1 N–H and O–H groups in total. The van der Waals surface area contributed by atoms with Gasteiger partial charge in [0.1, 0.15) is 0 Å². The molecule has 0 saturated heterocycles. The van der Waals surface area contributed by atoms with Crippen LogP contribution in [0.5, 0.6) is 0 Å². The second-order valence-corrected chi connectivity index (χ2v) is 5.53. The maximum Gasteiger partial charge on any atom is 0.0104 e. The highest BCUT2D eigenvalue weighted by Gasteiger charge is 2.38. The average molecular weight is 246 g/mol. The predicted molar refractivity (Wildman–Crippen MR) is 77.9 cm³/mol. The lowest BCUT2D eigenvalue weighted by molar-refractivity contribution is 0.316. The second-order valence-electron chi connectivity index (χ2n) is 5.53. The van der Waals surface area contributed by atoms with Crippen molar-refractivity contribution in [3.8, 4) is 0 Å². The van der Waals surface area contributed by atoms with Crippen molar-refractivity contribution in [3.05, 3.63) is 35.9 Å². The molecule has 1 aromatic rings. The third-order valence-electron chi connectivity index (χ3n) is 3.79. The van der Waals surface area contributed by atoms with E-state index in [9.17, 15) is 0 Å². The summed E-state index contributed by atoms with van der Waals surface area (Å²) in [6.45, 7) is 6.88. The van der Waals surface area contributed by atoms with Gasteiger partial charge < -0.3 is 10.2 Å². The van der Waals surface area contributed by atoms with E-state index < -0.39 is 0 Å². The first-order valence-corrected chi connectivity index (χ1v) is 7.25.